The predicted molar refractivity (Wildman–Crippen MR) is 92.1 cm³/mol. The molecule has 0 atom stereocenters. The van der Waals surface area contributed by atoms with Crippen LogP contribution >= 0.6 is 15.9 Å². The van der Waals surface area contributed by atoms with Crippen LogP contribution in [0.25, 0.3) is 0 Å². The van der Waals surface area contributed by atoms with Crippen LogP contribution in [0.4, 0.5) is 0 Å². The van der Waals surface area contributed by atoms with Gasteiger partial charge < -0.3 is 9.47 Å². The van der Waals surface area contributed by atoms with Crippen molar-refractivity contribution in [1.29, 1.82) is 0 Å². The first-order chi connectivity index (χ1) is 10.7. The minimum atomic E-state index is -0.216. The Labute approximate surface area is 139 Å². The van der Waals surface area contributed by atoms with E-state index in [0.29, 0.717) is 24.4 Å². The van der Waals surface area contributed by atoms with E-state index in [1.54, 1.807) is 25.3 Å². The molecule has 5 heteroatoms. The lowest BCUT2D eigenvalue weighted by Gasteiger charge is -2.05. The third-order valence-electron chi connectivity index (χ3n) is 2.58. The van der Waals surface area contributed by atoms with Crippen LogP contribution in [0.15, 0.2) is 52.6 Å². The van der Waals surface area contributed by atoms with Crippen LogP contribution < -0.4 is 0 Å². The van der Waals surface area contributed by atoms with E-state index in [1.165, 1.54) is 0 Å². The fourth-order valence-corrected chi connectivity index (χ4v) is 2.03. The van der Waals surface area contributed by atoms with Gasteiger partial charge in [0.15, 0.2) is 0 Å². The number of ether oxygens (including phenoxy) is 2. The van der Waals surface area contributed by atoms with Crippen LogP contribution in [0.3, 0.4) is 0 Å². The molecule has 0 aliphatic heterocycles. The number of esters is 1. The van der Waals surface area contributed by atoms with E-state index < -0.39 is 0 Å². The maximum absolute atomic E-state index is 11.5. The SMILES string of the molecule is C=C/C=C(/Br)N=CCOCc1cccc(CC(=O)OCC)c1. The van der Waals surface area contributed by atoms with E-state index in [-0.39, 0.29) is 12.4 Å². The molecule has 0 unspecified atom stereocenters. The lowest BCUT2D eigenvalue weighted by Crippen LogP contribution is -2.07. The van der Waals surface area contributed by atoms with Crippen molar-refractivity contribution >= 4 is 28.1 Å². The smallest absolute Gasteiger partial charge is 0.310 e. The fraction of sp³-hybridized carbons (Fsp3) is 0.294. The molecule has 118 valence electrons. The van der Waals surface area contributed by atoms with Crippen molar-refractivity contribution in [2.75, 3.05) is 13.2 Å². The first-order valence-corrected chi connectivity index (χ1v) is 7.77. The van der Waals surface area contributed by atoms with Crippen molar-refractivity contribution in [1.82, 2.24) is 0 Å². The van der Waals surface area contributed by atoms with Crippen LogP contribution in [0.5, 0.6) is 0 Å². The Morgan fingerprint density at radius 2 is 2.18 bits per heavy atom. The molecule has 0 heterocycles. The third-order valence-corrected chi connectivity index (χ3v) is 3.05. The third kappa shape index (κ3) is 7.90. The van der Waals surface area contributed by atoms with E-state index in [4.69, 9.17) is 9.47 Å². The molecule has 0 saturated heterocycles. The zero-order valence-corrected chi connectivity index (χ0v) is 14.2. The van der Waals surface area contributed by atoms with Crippen molar-refractivity contribution in [2.24, 2.45) is 4.99 Å². The summed E-state index contributed by atoms with van der Waals surface area (Å²) >= 11 is 3.27. The van der Waals surface area contributed by atoms with Crippen molar-refractivity contribution in [3.8, 4) is 0 Å². The Bertz CT molecular complexity index is 553. The van der Waals surface area contributed by atoms with Gasteiger partial charge in [-0.25, -0.2) is 0 Å². The number of hydrogen-bond donors (Lipinski definition) is 0. The van der Waals surface area contributed by atoms with Gasteiger partial charge in [0.25, 0.3) is 0 Å². The molecule has 0 radical (unpaired) electrons. The molecule has 0 N–H and O–H groups in total. The number of carbonyl (C=O) groups is 1. The highest BCUT2D eigenvalue weighted by molar-refractivity contribution is 9.11. The summed E-state index contributed by atoms with van der Waals surface area (Å²) in [7, 11) is 0. The Hall–Kier alpha value is -1.72. The average Bonchev–Trinajstić information content (AvgIpc) is 2.48. The van der Waals surface area contributed by atoms with Crippen molar-refractivity contribution in [2.45, 2.75) is 20.0 Å². The average molecular weight is 366 g/mol. The number of benzene rings is 1. The molecular formula is C17H20BrNO3. The number of allylic oxidation sites excluding steroid dienone is 2. The summed E-state index contributed by atoms with van der Waals surface area (Å²) in [5.74, 6) is -0.216. The number of rotatable bonds is 9. The lowest BCUT2D eigenvalue weighted by molar-refractivity contribution is -0.142. The van der Waals surface area contributed by atoms with E-state index in [0.717, 1.165) is 11.1 Å². The van der Waals surface area contributed by atoms with Gasteiger partial charge in [-0.1, -0.05) is 36.9 Å². The highest BCUT2D eigenvalue weighted by Gasteiger charge is 2.04. The van der Waals surface area contributed by atoms with E-state index >= 15 is 0 Å². The number of halogens is 1. The molecule has 0 aliphatic carbocycles. The number of hydrogen-bond acceptors (Lipinski definition) is 4. The van der Waals surface area contributed by atoms with Crippen LogP contribution in [-0.4, -0.2) is 25.4 Å². The van der Waals surface area contributed by atoms with Gasteiger partial charge in [-0.05, 0) is 40.1 Å². The van der Waals surface area contributed by atoms with Gasteiger partial charge >= 0.3 is 5.97 Å². The summed E-state index contributed by atoms with van der Waals surface area (Å²) in [4.78, 5) is 15.6. The fourth-order valence-electron chi connectivity index (χ4n) is 1.70. The summed E-state index contributed by atoms with van der Waals surface area (Å²) in [6.45, 7) is 6.65. The van der Waals surface area contributed by atoms with Crippen molar-refractivity contribution in [3.05, 3.63) is 58.7 Å². The quantitative estimate of drug-likeness (QED) is 0.220. The molecule has 0 spiro atoms. The summed E-state index contributed by atoms with van der Waals surface area (Å²) in [5.41, 5.74) is 1.93. The standard InChI is InChI=1S/C17H20BrNO3/c1-3-6-16(18)19-9-10-21-13-15-8-5-7-14(11-15)12-17(20)22-4-2/h3,5-9,11H,1,4,10,12-13H2,2H3/b16-6-,19-9?. The number of carbonyl (C=O) groups excluding carboxylic acids is 1. The molecule has 22 heavy (non-hydrogen) atoms. The van der Waals surface area contributed by atoms with Gasteiger partial charge in [-0.2, -0.15) is 0 Å². The van der Waals surface area contributed by atoms with Gasteiger partial charge in [0.1, 0.15) is 4.61 Å². The van der Waals surface area contributed by atoms with Gasteiger partial charge in [-0.3, -0.25) is 9.79 Å². The molecule has 0 fully saturated rings. The Morgan fingerprint density at radius 3 is 2.91 bits per heavy atom. The van der Waals surface area contributed by atoms with Crippen LogP contribution in [-0.2, 0) is 27.3 Å². The van der Waals surface area contributed by atoms with Crippen molar-refractivity contribution in [3.63, 3.8) is 0 Å². The Morgan fingerprint density at radius 1 is 1.41 bits per heavy atom. The summed E-state index contributed by atoms with van der Waals surface area (Å²) in [5, 5.41) is 0. The van der Waals surface area contributed by atoms with Crippen LogP contribution in [0.1, 0.15) is 18.1 Å². The first-order valence-electron chi connectivity index (χ1n) is 6.97. The molecule has 0 aromatic heterocycles. The second kappa shape index (κ2) is 10.9. The monoisotopic (exact) mass is 365 g/mol. The normalized spacial score (nSPS) is 11.6. The van der Waals surface area contributed by atoms with E-state index in [2.05, 4.69) is 27.5 Å². The highest BCUT2D eigenvalue weighted by atomic mass is 79.9. The van der Waals surface area contributed by atoms with Gasteiger partial charge in [0.2, 0.25) is 0 Å². The Kier molecular flexibility index (Phi) is 9.11. The topological polar surface area (TPSA) is 47.9 Å². The predicted octanol–water partition coefficient (Wildman–Crippen LogP) is 3.80. The molecular weight excluding hydrogens is 346 g/mol. The molecule has 1 aromatic carbocycles. The molecule has 1 rings (SSSR count). The van der Waals surface area contributed by atoms with Gasteiger partial charge in [0.05, 0.1) is 26.2 Å². The molecule has 0 aliphatic rings. The molecule has 0 amide bonds. The first kappa shape index (κ1) is 18.3. The summed E-state index contributed by atoms with van der Waals surface area (Å²) in [6.07, 6.45) is 5.35. The Balaban J connectivity index is 2.42. The molecule has 0 saturated carbocycles. The summed E-state index contributed by atoms with van der Waals surface area (Å²) < 4.78 is 11.1. The summed E-state index contributed by atoms with van der Waals surface area (Å²) in [6, 6.07) is 7.71. The highest BCUT2D eigenvalue weighted by Crippen LogP contribution is 2.08. The minimum Gasteiger partial charge on any atom is -0.466 e. The van der Waals surface area contributed by atoms with Gasteiger partial charge in [0, 0.05) is 6.21 Å². The van der Waals surface area contributed by atoms with Crippen molar-refractivity contribution < 1.29 is 14.3 Å². The van der Waals surface area contributed by atoms with E-state index in [9.17, 15) is 4.79 Å². The molecule has 4 nitrogen and oxygen atoms in total. The lowest BCUT2D eigenvalue weighted by atomic mass is 10.1. The molecule has 1 aromatic rings. The van der Waals surface area contributed by atoms with Crippen LogP contribution in [0, 0.1) is 0 Å². The van der Waals surface area contributed by atoms with E-state index in [1.807, 2.05) is 24.3 Å². The maximum atomic E-state index is 11.5. The van der Waals surface area contributed by atoms with Gasteiger partial charge in [-0.15, -0.1) is 0 Å². The largest absolute Gasteiger partial charge is 0.466 e. The zero-order chi connectivity index (χ0) is 16.2. The number of aliphatic imine (C=N–C) groups is 1. The molecule has 0 bridgehead atoms. The second-order valence-corrected chi connectivity index (χ2v) is 5.17. The maximum Gasteiger partial charge on any atom is 0.310 e. The minimum absolute atomic E-state index is 0.216. The van der Waals surface area contributed by atoms with Crippen LogP contribution in [0.2, 0.25) is 0 Å². The second-order valence-electron chi connectivity index (χ2n) is 4.35. The zero-order valence-electron chi connectivity index (χ0n) is 12.6. The number of nitrogens with zero attached hydrogens (tertiary/aromatic N) is 1.